The summed E-state index contributed by atoms with van der Waals surface area (Å²) in [6.07, 6.45) is 21.9. The predicted octanol–water partition coefficient (Wildman–Crippen LogP) is 7.89. The summed E-state index contributed by atoms with van der Waals surface area (Å²) in [5, 5.41) is 0. The molecule has 0 spiro atoms. The molecule has 264 valence electrons. The Morgan fingerprint density at radius 1 is 0.490 bits per heavy atom. The molecule has 1 saturated heterocycles. The third-order valence-corrected chi connectivity index (χ3v) is 21.9. The number of rotatable bonds is 8. The Morgan fingerprint density at radius 3 is 1.24 bits per heavy atom. The first kappa shape index (κ1) is 37.0. The largest absolute Gasteiger partial charge is 1.00 e. The molecule has 9 rings (SSSR count). The topological polar surface area (TPSA) is 0 Å². The van der Waals surface area contributed by atoms with Crippen LogP contribution in [0.3, 0.4) is 0 Å². The number of aryl methyl sites for hydroxylation is 2. The molecule has 1 heterocycles. The molecule has 0 N–H and O–H groups in total. The molecule has 4 aromatic carbocycles. The molecule has 4 aromatic rings. The van der Waals surface area contributed by atoms with E-state index in [1.165, 1.54) is 107 Å². The van der Waals surface area contributed by atoms with E-state index in [0.717, 1.165) is 24.7 Å². The third kappa shape index (κ3) is 6.60. The number of hydrogen-bond donors (Lipinski definition) is 0. The smallest absolute Gasteiger partial charge is 1.00 e. The summed E-state index contributed by atoms with van der Waals surface area (Å²) in [6, 6.07) is 33.9. The van der Waals surface area contributed by atoms with E-state index in [1.807, 2.05) is 11.1 Å². The maximum Gasteiger partial charge on any atom is -1.00 e. The maximum absolute atomic E-state index is 2.79. The Labute approximate surface area is 323 Å². The van der Waals surface area contributed by atoms with Crippen LogP contribution in [0.25, 0.3) is 34.4 Å². The molecular weight excluding hydrogens is 695 g/mol. The van der Waals surface area contributed by atoms with Gasteiger partial charge >= 0.3 is 301 Å². The molecule has 2 saturated carbocycles. The normalized spacial score (nSPS) is 21.6. The summed E-state index contributed by atoms with van der Waals surface area (Å²) >= 11 is -2.52. The molecule has 0 radical (unpaired) electrons. The number of fused-ring (bicyclic) bond motifs is 2. The molecule has 3 fully saturated rings. The van der Waals surface area contributed by atoms with Crippen LogP contribution in [-0.2, 0) is 29.4 Å². The first-order valence-electron chi connectivity index (χ1n) is 20.1. The van der Waals surface area contributed by atoms with Crippen molar-refractivity contribution in [3.8, 4) is 22.3 Å². The number of benzene rings is 4. The zero-order valence-electron chi connectivity index (χ0n) is 30.7. The fourth-order valence-electron chi connectivity index (χ4n) is 10.9. The average Bonchev–Trinajstić information content (AvgIpc) is 3.69. The van der Waals surface area contributed by atoms with E-state index in [-0.39, 0.29) is 24.8 Å². The van der Waals surface area contributed by atoms with E-state index < -0.39 is 16.6 Å². The van der Waals surface area contributed by atoms with Gasteiger partial charge in [-0.1, -0.05) is 0 Å². The van der Waals surface area contributed by atoms with Crippen molar-refractivity contribution in [3.63, 3.8) is 0 Å². The molecular formula is C48H54Cl2Ti. The Hall–Kier alpha value is -2.35. The van der Waals surface area contributed by atoms with E-state index in [4.69, 9.17) is 0 Å². The second kappa shape index (κ2) is 15.6. The molecule has 5 aliphatic rings. The minimum Gasteiger partial charge on any atom is -1.00 e. The summed E-state index contributed by atoms with van der Waals surface area (Å²) in [4.78, 5) is 0. The van der Waals surface area contributed by atoms with E-state index in [0.29, 0.717) is 8.45 Å². The summed E-state index contributed by atoms with van der Waals surface area (Å²) < 4.78 is 4.49. The van der Waals surface area contributed by atoms with Gasteiger partial charge in [0.25, 0.3) is 0 Å². The van der Waals surface area contributed by atoms with Gasteiger partial charge in [0.05, 0.1) is 0 Å². The zero-order valence-corrected chi connectivity index (χ0v) is 33.8. The number of halogens is 2. The number of hydrogen-bond acceptors (Lipinski definition) is 0. The van der Waals surface area contributed by atoms with Crippen LogP contribution in [0.15, 0.2) is 96.1 Å². The van der Waals surface area contributed by atoms with Crippen molar-refractivity contribution >= 4 is 12.2 Å². The molecule has 51 heavy (non-hydrogen) atoms. The predicted molar refractivity (Wildman–Crippen MR) is 207 cm³/mol. The SMILES string of the molecule is CCc1ccc(-c2cccc3c2C=C(C2CCCCC2)[CH]3[Ti+2]2([CH]3C(C4CCCCC4)=Cc4c(-c5ccc(CC)cc5)cccc43)[CH2][CH2]2)cc1.[Cl-].[Cl-]. The van der Waals surface area contributed by atoms with Gasteiger partial charge in [-0.05, 0) is 0 Å². The summed E-state index contributed by atoms with van der Waals surface area (Å²) in [7, 11) is 0. The Kier molecular flexibility index (Phi) is 11.3. The fraction of sp³-hybridized carbons (Fsp3) is 0.417. The van der Waals surface area contributed by atoms with Crippen LogP contribution in [0.4, 0.5) is 0 Å². The maximum atomic E-state index is 2.79. The first-order valence-corrected chi connectivity index (χ1v) is 24.1. The van der Waals surface area contributed by atoms with Gasteiger partial charge in [-0.15, -0.1) is 0 Å². The minimum absolute atomic E-state index is 0. The quantitative estimate of drug-likeness (QED) is 0.161. The second-order valence-corrected chi connectivity index (χ2v) is 23.5. The van der Waals surface area contributed by atoms with Crippen LogP contribution in [0.1, 0.15) is 120 Å². The van der Waals surface area contributed by atoms with Crippen LogP contribution >= 0.6 is 0 Å². The Balaban J connectivity index is 0.00000203. The average molecular weight is 750 g/mol. The summed E-state index contributed by atoms with van der Waals surface area (Å²) in [6.45, 7) is 4.53. The van der Waals surface area contributed by atoms with Crippen molar-refractivity contribution in [1.82, 2.24) is 0 Å². The monoisotopic (exact) mass is 748 g/mol. The van der Waals surface area contributed by atoms with Crippen molar-refractivity contribution < 1.29 is 41.4 Å². The van der Waals surface area contributed by atoms with Crippen LogP contribution in [0.5, 0.6) is 0 Å². The van der Waals surface area contributed by atoms with Crippen LogP contribution in [0.2, 0.25) is 9.45 Å². The van der Waals surface area contributed by atoms with Crippen LogP contribution < -0.4 is 24.8 Å². The van der Waals surface area contributed by atoms with Gasteiger partial charge in [-0.25, -0.2) is 0 Å². The van der Waals surface area contributed by atoms with Gasteiger partial charge < -0.3 is 24.8 Å². The Morgan fingerprint density at radius 2 is 0.882 bits per heavy atom. The fourth-order valence-corrected chi connectivity index (χ4v) is 21.4. The van der Waals surface area contributed by atoms with Gasteiger partial charge in [0.2, 0.25) is 0 Å². The number of allylic oxidation sites excluding steroid dienone is 2. The Bertz CT molecular complexity index is 1760. The summed E-state index contributed by atoms with van der Waals surface area (Å²) in [5.74, 6) is 1.55. The molecule has 0 amide bonds. The van der Waals surface area contributed by atoms with Crippen molar-refractivity contribution in [2.24, 2.45) is 11.8 Å². The molecule has 1 aliphatic heterocycles. The molecule has 4 aliphatic carbocycles. The van der Waals surface area contributed by atoms with E-state index >= 15 is 0 Å². The third-order valence-electron chi connectivity index (χ3n) is 13.7. The van der Waals surface area contributed by atoms with E-state index in [1.54, 1.807) is 22.3 Å². The summed E-state index contributed by atoms with van der Waals surface area (Å²) in [5.41, 5.74) is 19.0. The van der Waals surface area contributed by atoms with E-state index in [2.05, 4.69) is 111 Å². The molecule has 0 nitrogen and oxygen atoms in total. The van der Waals surface area contributed by atoms with Crippen molar-refractivity contribution in [2.75, 3.05) is 0 Å². The molecule has 2 unspecified atom stereocenters. The van der Waals surface area contributed by atoms with E-state index in [9.17, 15) is 0 Å². The van der Waals surface area contributed by atoms with Crippen LogP contribution in [-0.4, -0.2) is 0 Å². The molecule has 0 aromatic heterocycles. The van der Waals surface area contributed by atoms with Gasteiger partial charge in [-0.2, -0.15) is 0 Å². The van der Waals surface area contributed by atoms with Crippen molar-refractivity contribution in [1.29, 1.82) is 0 Å². The van der Waals surface area contributed by atoms with Gasteiger partial charge in [0.1, 0.15) is 0 Å². The molecule has 2 atom stereocenters. The molecule has 3 heteroatoms. The minimum atomic E-state index is -2.52. The molecule has 0 bridgehead atoms. The second-order valence-electron chi connectivity index (χ2n) is 16.3. The van der Waals surface area contributed by atoms with Gasteiger partial charge in [0.15, 0.2) is 0 Å². The van der Waals surface area contributed by atoms with Crippen LogP contribution in [0, 0.1) is 11.8 Å². The van der Waals surface area contributed by atoms with Gasteiger partial charge in [0, 0.05) is 0 Å². The standard InChI is InChI=1S/2C23H25.C2H4.2ClH.Ti/c2*1-2-17-11-13-19(14-12-17)22-10-6-9-20-15-21(16-23(20)22)18-7-4-3-5-8-18;1-2;;;/h2*6,9-16,18H,2-5,7-8H2,1H3;1-2H2;2*1H;/q;;;;;+2/p-2. The first-order chi connectivity index (χ1) is 24.2. The zero-order chi connectivity index (χ0) is 33.0. The van der Waals surface area contributed by atoms with Gasteiger partial charge in [-0.3, -0.25) is 0 Å². The van der Waals surface area contributed by atoms with Crippen molar-refractivity contribution in [3.05, 3.63) is 129 Å². The van der Waals surface area contributed by atoms with Crippen molar-refractivity contribution in [2.45, 2.75) is 109 Å².